The lowest BCUT2D eigenvalue weighted by Crippen LogP contribution is -2.10. The molecule has 0 radical (unpaired) electrons. The molecule has 19 heavy (non-hydrogen) atoms. The van der Waals surface area contributed by atoms with Crippen LogP contribution in [-0.4, -0.2) is 18.3 Å². The molecule has 0 aliphatic rings. The molecule has 1 aromatic rings. The standard InChI is InChI=1S/C14H15Cl2NO2/c1-4-19-14(11-7-5-6-8-12(11)16)17-13(9(2)15)10(3)18/h5-8H,4H2,1-3H3/b13-9-,17-14?. The van der Waals surface area contributed by atoms with Crippen LogP contribution in [0.5, 0.6) is 0 Å². The van der Waals surface area contributed by atoms with Crippen molar-refractivity contribution < 1.29 is 9.53 Å². The van der Waals surface area contributed by atoms with E-state index in [9.17, 15) is 4.79 Å². The Morgan fingerprint density at radius 2 is 1.95 bits per heavy atom. The second kappa shape index (κ2) is 7.31. The summed E-state index contributed by atoms with van der Waals surface area (Å²) < 4.78 is 5.46. The smallest absolute Gasteiger partial charge is 0.222 e. The first-order chi connectivity index (χ1) is 8.97. The Bertz CT molecular complexity index is 532. The zero-order chi connectivity index (χ0) is 14.4. The first kappa shape index (κ1) is 15.7. The van der Waals surface area contributed by atoms with E-state index in [0.29, 0.717) is 28.1 Å². The summed E-state index contributed by atoms with van der Waals surface area (Å²) in [5.41, 5.74) is 0.799. The molecule has 1 rings (SSSR count). The van der Waals surface area contributed by atoms with Crippen molar-refractivity contribution in [2.45, 2.75) is 20.8 Å². The van der Waals surface area contributed by atoms with Gasteiger partial charge in [-0.25, -0.2) is 4.99 Å². The van der Waals surface area contributed by atoms with Crippen molar-refractivity contribution >= 4 is 34.9 Å². The molecule has 0 saturated carbocycles. The molecule has 0 heterocycles. The van der Waals surface area contributed by atoms with E-state index in [1.807, 2.05) is 19.1 Å². The van der Waals surface area contributed by atoms with Gasteiger partial charge in [-0.1, -0.05) is 35.3 Å². The summed E-state index contributed by atoms with van der Waals surface area (Å²) in [6.07, 6.45) is 0. The third kappa shape index (κ3) is 4.37. The van der Waals surface area contributed by atoms with Crippen LogP contribution in [0.25, 0.3) is 0 Å². The second-order valence-corrected chi connectivity index (χ2v) is 4.74. The number of carbonyl (C=O) groups is 1. The number of benzene rings is 1. The fourth-order valence-corrected chi connectivity index (χ4v) is 1.83. The highest BCUT2D eigenvalue weighted by Crippen LogP contribution is 2.19. The van der Waals surface area contributed by atoms with E-state index in [-0.39, 0.29) is 11.5 Å². The van der Waals surface area contributed by atoms with Crippen molar-refractivity contribution in [3.05, 3.63) is 45.6 Å². The number of carbonyl (C=O) groups excluding carboxylic acids is 1. The van der Waals surface area contributed by atoms with E-state index >= 15 is 0 Å². The molecule has 0 atom stereocenters. The van der Waals surface area contributed by atoms with Crippen LogP contribution in [0.2, 0.25) is 5.02 Å². The highest BCUT2D eigenvalue weighted by atomic mass is 35.5. The Morgan fingerprint density at radius 1 is 1.32 bits per heavy atom. The number of rotatable bonds is 4. The van der Waals surface area contributed by atoms with Crippen LogP contribution < -0.4 is 0 Å². The van der Waals surface area contributed by atoms with Gasteiger partial charge in [0.1, 0.15) is 5.70 Å². The first-order valence-corrected chi connectivity index (χ1v) is 6.56. The Labute approximate surface area is 122 Å². The number of Topliss-reactive ketones (excluding diaryl/α,β-unsaturated/α-hetero) is 1. The Balaban J connectivity index is 3.33. The molecule has 0 saturated heterocycles. The van der Waals surface area contributed by atoms with Crippen LogP contribution in [0, 0.1) is 0 Å². The van der Waals surface area contributed by atoms with Gasteiger partial charge in [-0.2, -0.15) is 0 Å². The summed E-state index contributed by atoms with van der Waals surface area (Å²) in [6.45, 7) is 5.26. The van der Waals surface area contributed by atoms with Gasteiger partial charge in [0.05, 0.1) is 17.2 Å². The molecular formula is C14H15Cl2NO2. The topological polar surface area (TPSA) is 38.7 Å². The SMILES string of the molecule is CCOC(=N/C(C(C)=O)=C(/C)Cl)c1ccccc1Cl. The molecule has 3 nitrogen and oxygen atoms in total. The Morgan fingerprint density at radius 3 is 2.42 bits per heavy atom. The van der Waals surface area contributed by atoms with E-state index in [0.717, 1.165) is 0 Å². The lowest BCUT2D eigenvalue weighted by molar-refractivity contribution is -0.113. The summed E-state index contributed by atoms with van der Waals surface area (Å²) in [4.78, 5) is 15.7. The van der Waals surface area contributed by atoms with Crippen LogP contribution in [-0.2, 0) is 9.53 Å². The van der Waals surface area contributed by atoms with Crippen molar-refractivity contribution in [1.29, 1.82) is 0 Å². The molecule has 0 N–H and O–H groups in total. The summed E-state index contributed by atoms with van der Waals surface area (Å²) in [6, 6.07) is 7.14. The number of aliphatic imine (C=N–C) groups is 1. The number of ether oxygens (including phenoxy) is 1. The van der Waals surface area contributed by atoms with Gasteiger partial charge in [-0.15, -0.1) is 0 Å². The minimum absolute atomic E-state index is 0.171. The average Bonchev–Trinajstić information content (AvgIpc) is 2.34. The fraction of sp³-hybridized carbons (Fsp3) is 0.286. The minimum atomic E-state index is -0.225. The van der Waals surface area contributed by atoms with Gasteiger partial charge >= 0.3 is 0 Å². The molecular weight excluding hydrogens is 285 g/mol. The maximum atomic E-state index is 11.5. The second-order valence-electron chi connectivity index (χ2n) is 3.77. The minimum Gasteiger partial charge on any atom is -0.477 e. The number of hydrogen-bond acceptors (Lipinski definition) is 3. The summed E-state index contributed by atoms with van der Waals surface area (Å²) in [7, 11) is 0. The molecule has 0 aliphatic heterocycles. The maximum absolute atomic E-state index is 11.5. The van der Waals surface area contributed by atoms with Crippen LogP contribution in [0.3, 0.4) is 0 Å². The zero-order valence-electron chi connectivity index (χ0n) is 11.0. The lowest BCUT2D eigenvalue weighted by atomic mass is 10.2. The largest absolute Gasteiger partial charge is 0.477 e. The van der Waals surface area contributed by atoms with Crippen molar-refractivity contribution in [2.24, 2.45) is 4.99 Å². The van der Waals surface area contributed by atoms with Crippen molar-refractivity contribution in [1.82, 2.24) is 0 Å². The molecule has 102 valence electrons. The molecule has 0 bridgehead atoms. The highest BCUT2D eigenvalue weighted by molar-refractivity contribution is 6.34. The number of allylic oxidation sites excluding steroid dienone is 2. The maximum Gasteiger partial charge on any atom is 0.222 e. The van der Waals surface area contributed by atoms with Crippen LogP contribution in [0.1, 0.15) is 26.3 Å². The number of nitrogens with zero attached hydrogens (tertiary/aromatic N) is 1. The number of hydrogen-bond donors (Lipinski definition) is 0. The van der Waals surface area contributed by atoms with Gasteiger partial charge in [-0.3, -0.25) is 4.79 Å². The van der Waals surface area contributed by atoms with Gasteiger partial charge in [0.15, 0.2) is 5.78 Å². The predicted octanol–water partition coefficient (Wildman–Crippen LogP) is 4.18. The third-order valence-electron chi connectivity index (χ3n) is 2.26. The van der Waals surface area contributed by atoms with Crippen LogP contribution in [0.15, 0.2) is 40.0 Å². The lowest BCUT2D eigenvalue weighted by Gasteiger charge is -2.10. The van der Waals surface area contributed by atoms with Gasteiger partial charge in [0.25, 0.3) is 0 Å². The molecule has 1 aromatic carbocycles. The predicted molar refractivity (Wildman–Crippen MR) is 78.8 cm³/mol. The van der Waals surface area contributed by atoms with Crippen molar-refractivity contribution in [3.63, 3.8) is 0 Å². The Hall–Kier alpha value is -1.32. The fourth-order valence-electron chi connectivity index (χ4n) is 1.44. The van der Waals surface area contributed by atoms with E-state index in [4.69, 9.17) is 27.9 Å². The van der Waals surface area contributed by atoms with Gasteiger partial charge in [-0.05, 0) is 26.0 Å². The molecule has 0 amide bonds. The molecule has 0 fully saturated rings. The van der Waals surface area contributed by atoms with Crippen LogP contribution >= 0.6 is 23.2 Å². The average molecular weight is 300 g/mol. The van der Waals surface area contributed by atoms with E-state index in [1.54, 1.807) is 19.1 Å². The van der Waals surface area contributed by atoms with Gasteiger partial charge in [0.2, 0.25) is 5.90 Å². The summed E-state index contributed by atoms with van der Waals surface area (Å²) in [5, 5.41) is 0.821. The quantitative estimate of drug-likeness (QED) is 0.475. The van der Waals surface area contributed by atoms with Gasteiger partial charge in [0, 0.05) is 12.0 Å². The van der Waals surface area contributed by atoms with Crippen molar-refractivity contribution in [2.75, 3.05) is 6.61 Å². The molecule has 0 spiro atoms. The first-order valence-electron chi connectivity index (χ1n) is 5.81. The summed E-state index contributed by atoms with van der Waals surface area (Å²) in [5.74, 6) is 0.0649. The zero-order valence-corrected chi connectivity index (χ0v) is 12.5. The normalized spacial score (nSPS) is 13.0. The van der Waals surface area contributed by atoms with Crippen LogP contribution in [0.4, 0.5) is 0 Å². The summed E-state index contributed by atoms with van der Waals surface area (Å²) >= 11 is 12.0. The molecule has 0 aliphatic carbocycles. The third-order valence-corrected chi connectivity index (χ3v) is 2.77. The van der Waals surface area contributed by atoms with E-state index in [2.05, 4.69) is 4.99 Å². The highest BCUT2D eigenvalue weighted by Gasteiger charge is 2.13. The monoisotopic (exact) mass is 299 g/mol. The number of halogens is 2. The Kier molecular flexibility index (Phi) is 6.06. The molecule has 0 unspecified atom stereocenters. The van der Waals surface area contributed by atoms with Gasteiger partial charge < -0.3 is 4.74 Å². The molecule has 0 aromatic heterocycles. The van der Waals surface area contributed by atoms with E-state index in [1.165, 1.54) is 6.92 Å². The molecule has 5 heteroatoms. The van der Waals surface area contributed by atoms with E-state index < -0.39 is 0 Å². The van der Waals surface area contributed by atoms with Crippen molar-refractivity contribution in [3.8, 4) is 0 Å². The number of ketones is 1.